The van der Waals surface area contributed by atoms with Crippen LogP contribution < -0.4 is 5.73 Å². The fourth-order valence-electron chi connectivity index (χ4n) is 1.59. The molecule has 0 radical (unpaired) electrons. The molecule has 0 aliphatic heterocycles. The molecule has 6 heteroatoms. The van der Waals surface area contributed by atoms with Gasteiger partial charge >= 0.3 is 0 Å². The summed E-state index contributed by atoms with van der Waals surface area (Å²) in [5.74, 6) is -0.687. The molecule has 2 amide bonds. The maximum absolute atomic E-state index is 12.2. The number of halogens is 1. The Labute approximate surface area is 109 Å². The van der Waals surface area contributed by atoms with E-state index in [1.54, 1.807) is 6.07 Å². The number of likely N-dealkylation sites (N-methyl/N-ethyl adjacent to an activating group) is 1. The van der Waals surface area contributed by atoms with Gasteiger partial charge < -0.3 is 15.2 Å². The van der Waals surface area contributed by atoms with Crippen LogP contribution in [0.3, 0.4) is 0 Å². The molecule has 1 heterocycles. The molecule has 0 saturated carbocycles. The first-order valence-corrected chi connectivity index (χ1v) is 6.22. The van der Waals surface area contributed by atoms with E-state index in [-0.39, 0.29) is 12.5 Å². The Bertz CT molecular complexity index is 428. The molecular weight excluding hydrogens is 286 g/mol. The van der Waals surface area contributed by atoms with Gasteiger partial charge in [0.1, 0.15) is 5.69 Å². The third-order valence-corrected chi connectivity index (χ3v) is 2.87. The van der Waals surface area contributed by atoms with Crippen molar-refractivity contribution in [3.63, 3.8) is 0 Å². The second-order valence-electron chi connectivity index (χ2n) is 3.62. The molecule has 0 atom stereocenters. The number of hydrogen-bond acceptors (Lipinski definition) is 2. The van der Waals surface area contributed by atoms with Gasteiger partial charge in [-0.25, -0.2) is 0 Å². The lowest BCUT2D eigenvalue weighted by Crippen LogP contribution is -2.39. The molecule has 0 unspecified atom stereocenters. The topological polar surface area (TPSA) is 68.3 Å². The highest BCUT2D eigenvalue weighted by Gasteiger charge is 2.19. The SMILES string of the molecule is CCN(CC(N)=O)C(=O)c1cc(Br)cn1CC. The number of carbonyl (C=O) groups is 2. The summed E-state index contributed by atoms with van der Waals surface area (Å²) in [6, 6.07) is 1.75. The van der Waals surface area contributed by atoms with Crippen LogP contribution in [0.1, 0.15) is 24.3 Å². The summed E-state index contributed by atoms with van der Waals surface area (Å²) < 4.78 is 2.67. The van der Waals surface area contributed by atoms with E-state index in [2.05, 4.69) is 15.9 Å². The van der Waals surface area contributed by atoms with Gasteiger partial charge in [0, 0.05) is 23.8 Å². The van der Waals surface area contributed by atoms with Crippen molar-refractivity contribution in [1.29, 1.82) is 0 Å². The molecule has 1 aromatic rings. The average molecular weight is 302 g/mol. The number of aryl methyl sites for hydroxylation is 1. The number of carbonyl (C=O) groups excluding carboxylic acids is 2. The minimum atomic E-state index is -0.506. The molecule has 0 aliphatic rings. The molecule has 5 nitrogen and oxygen atoms in total. The van der Waals surface area contributed by atoms with Gasteiger partial charge in [-0.15, -0.1) is 0 Å². The van der Waals surface area contributed by atoms with E-state index in [1.165, 1.54) is 4.90 Å². The van der Waals surface area contributed by atoms with Gasteiger partial charge in [-0.2, -0.15) is 0 Å². The number of primary amides is 1. The zero-order valence-corrected chi connectivity index (χ0v) is 11.5. The van der Waals surface area contributed by atoms with E-state index in [1.807, 2.05) is 24.6 Å². The van der Waals surface area contributed by atoms with Crippen LogP contribution in [0.2, 0.25) is 0 Å². The van der Waals surface area contributed by atoms with Gasteiger partial charge in [-0.05, 0) is 35.8 Å². The first kappa shape index (κ1) is 13.8. The molecule has 0 spiro atoms. The van der Waals surface area contributed by atoms with E-state index in [0.717, 1.165) is 4.47 Å². The van der Waals surface area contributed by atoms with Crippen molar-refractivity contribution < 1.29 is 9.59 Å². The van der Waals surface area contributed by atoms with Crippen molar-refractivity contribution in [1.82, 2.24) is 9.47 Å². The fourth-order valence-corrected chi connectivity index (χ4v) is 2.06. The zero-order chi connectivity index (χ0) is 13.0. The molecule has 17 heavy (non-hydrogen) atoms. The van der Waals surface area contributed by atoms with Gasteiger partial charge in [0.25, 0.3) is 5.91 Å². The molecule has 1 aromatic heterocycles. The summed E-state index contributed by atoms with van der Waals surface area (Å²) in [5.41, 5.74) is 5.67. The van der Waals surface area contributed by atoms with Crippen LogP contribution in [0.5, 0.6) is 0 Å². The lowest BCUT2D eigenvalue weighted by Gasteiger charge is -2.19. The molecule has 2 N–H and O–H groups in total. The van der Waals surface area contributed by atoms with Gasteiger partial charge in [0.15, 0.2) is 0 Å². The summed E-state index contributed by atoms with van der Waals surface area (Å²) in [6.45, 7) is 4.86. The molecule has 0 bridgehead atoms. The maximum atomic E-state index is 12.2. The Morgan fingerprint density at radius 1 is 1.47 bits per heavy atom. The number of nitrogens with zero attached hydrogens (tertiary/aromatic N) is 2. The third-order valence-electron chi connectivity index (χ3n) is 2.44. The normalized spacial score (nSPS) is 10.3. The summed E-state index contributed by atoms with van der Waals surface area (Å²) >= 11 is 3.33. The van der Waals surface area contributed by atoms with Gasteiger partial charge in [-0.3, -0.25) is 9.59 Å². The number of amides is 2. The van der Waals surface area contributed by atoms with E-state index >= 15 is 0 Å². The van der Waals surface area contributed by atoms with E-state index < -0.39 is 5.91 Å². The number of hydrogen-bond donors (Lipinski definition) is 1. The predicted molar refractivity (Wildman–Crippen MR) is 68.6 cm³/mol. The average Bonchev–Trinajstić information content (AvgIpc) is 2.66. The van der Waals surface area contributed by atoms with Crippen LogP contribution in [-0.4, -0.2) is 34.4 Å². The van der Waals surface area contributed by atoms with Crippen molar-refractivity contribution >= 4 is 27.7 Å². The van der Waals surface area contributed by atoms with Gasteiger partial charge in [0.05, 0.1) is 6.54 Å². The minimum absolute atomic E-state index is 0.0537. The van der Waals surface area contributed by atoms with E-state index in [0.29, 0.717) is 18.8 Å². The predicted octanol–water partition coefficient (Wildman–Crippen LogP) is 1.22. The van der Waals surface area contributed by atoms with Gasteiger partial charge in [-0.1, -0.05) is 0 Å². The van der Waals surface area contributed by atoms with Crippen LogP contribution in [0.25, 0.3) is 0 Å². The molecule has 0 fully saturated rings. The smallest absolute Gasteiger partial charge is 0.270 e. The summed E-state index contributed by atoms with van der Waals surface area (Å²) in [6.07, 6.45) is 1.84. The highest BCUT2D eigenvalue weighted by Crippen LogP contribution is 2.16. The Kier molecular flexibility index (Phi) is 4.74. The highest BCUT2D eigenvalue weighted by atomic mass is 79.9. The number of aromatic nitrogens is 1. The largest absolute Gasteiger partial charge is 0.368 e. The van der Waals surface area contributed by atoms with Crippen molar-refractivity contribution in [2.24, 2.45) is 5.73 Å². The summed E-state index contributed by atoms with van der Waals surface area (Å²) in [7, 11) is 0. The van der Waals surface area contributed by atoms with Crippen LogP contribution in [0.15, 0.2) is 16.7 Å². The molecule has 94 valence electrons. The van der Waals surface area contributed by atoms with Crippen molar-refractivity contribution in [2.75, 3.05) is 13.1 Å². The molecule has 1 rings (SSSR count). The van der Waals surface area contributed by atoms with Crippen LogP contribution >= 0.6 is 15.9 Å². The number of rotatable bonds is 5. The van der Waals surface area contributed by atoms with Gasteiger partial charge in [0.2, 0.25) is 5.91 Å². The second-order valence-corrected chi connectivity index (χ2v) is 4.53. The molecule has 0 aliphatic carbocycles. The summed E-state index contributed by atoms with van der Waals surface area (Å²) in [4.78, 5) is 24.5. The highest BCUT2D eigenvalue weighted by molar-refractivity contribution is 9.10. The Morgan fingerprint density at radius 3 is 2.59 bits per heavy atom. The maximum Gasteiger partial charge on any atom is 0.270 e. The van der Waals surface area contributed by atoms with Crippen molar-refractivity contribution in [3.05, 3.63) is 22.4 Å². The first-order valence-electron chi connectivity index (χ1n) is 5.42. The second kappa shape index (κ2) is 5.86. The van der Waals surface area contributed by atoms with E-state index in [4.69, 9.17) is 5.73 Å². The minimum Gasteiger partial charge on any atom is -0.368 e. The monoisotopic (exact) mass is 301 g/mol. The number of nitrogens with two attached hydrogens (primary N) is 1. The Balaban J connectivity index is 2.96. The van der Waals surface area contributed by atoms with Crippen LogP contribution in [0, 0.1) is 0 Å². The summed E-state index contributed by atoms with van der Waals surface area (Å²) in [5, 5.41) is 0. The lowest BCUT2D eigenvalue weighted by atomic mass is 10.3. The standard InChI is InChI=1S/C11H16BrN3O2/c1-3-14-6-8(12)5-9(14)11(17)15(4-2)7-10(13)16/h5-6H,3-4,7H2,1-2H3,(H2,13,16). The Hall–Kier alpha value is -1.30. The van der Waals surface area contributed by atoms with Crippen molar-refractivity contribution in [3.8, 4) is 0 Å². The quantitative estimate of drug-likeness (QED) is 0.888. The van der Waals surface area contributed by atoms with Crippen LogP contribution in [0.4, 0.5) is 0 Å². The van der Waals surface area contributed by atoms with E-state index in [9.17, 15) is 9.59 Å². The lowest BCUT2D eigenvalue weighted by molar-refractivity contribution is -0.118. The zero-order valence-electron chi connectivity index (χ0n) is 9.94. The fraction of sp³-hybridized carbons (Fsp3) is 0.455. The molecular formula is C11H16BrN3O2. The van der Waals surface area contributed by atoms with Crippen molar-refractivity contribution in [2.45, 2.75) is 20.4 Å². The van der Waals surface area contributed by atoms with Crippen LogP contribution in [-0.2, 0) is 11.3 Å². The first-order chi connectivity index (χ1) is 7.99. The molecule has 0 aromatic carbocycles. The Morgan fingerprint density at radius 2 is 2.12 bits per heavy atom. The third kappa shape index (κ3) is 3.33. The molecule has 0 saturated heterocycles.